The maximum absolute atomic E-state index is 13.5. The number of anilines is 2. The molecule has 0 aliphatic carbocycles. The fourth-order valence-electron chi connectivity index (χ4n) is 4.50. The van der Waals surface area contributed by atoms with E-state index in [1.165, 1.54) is 22.0 Å². The Hall–Kier alpha value is -3.70. The van der Waals surface area contributed by atoms with Gasteiger partial charge in [-0.15, -0.1) is 0 Å². The first-order chi connectivity index (χ1) is 17.2. The average Bonchev–Trinajstić information content (AvgIpc) is 3.08. The zero-order chi connectivity index (χ0) is 25.4. The van der Waals surface area contributed by atoms with Crippen LogP contribution in [0.25, 0.3) is 16.7 Å². The van der Waals surface area contributed by atoms with Gasteiger partial charge >= 0.3 is 6.18 Å². The van der Waals surface area contributed by atoms with Gasteiger partial charge in [0.1, 0.15) is 11.9 Å². The van der Waals surface area contributed by atoms with Gasteiger partial charge in [-0.05, 0) is 68.0 Å². The molecule has 0 atom stereocenters. The second kappa shape index (κ2) is 9.40. The van der Waals surface area contributed by atoms with Gasteiger partial charge < -0.3 is 15.5 Å². The van der Waals surface area contributed by atoms with Crippen molar-refractivity contribution in [2.45, 2.75) is 32.2 Å². The van der Waals surface area contributed by atoms with Crippen molar-refractivity contribution in [3.8, 4) is 5.69 Å². The van der Waals surface area contributed by atoms with E-state index in [9.17, 15) is 18.0 Å². The summed E-state index contributed by atoms with van der Waals surface area (Å²) in [6.45, 7) is 0.850. The van der Waals surface area contributed by atoms with Crippen LogP contribution in [-0.4, -0.2) is 51.0 Å². The largest absolute Gasteiger partial charge is 0.408 e. The molecule has 0 saturated carbocycles. The molecule has 0 radical (unpaired) electrons. The predicted octanol–water partition coefficient (Wildman–Crippen LogP) is 3.60. The van der Waals surface area contributed by atoms with Gasteiger partial charge in [0.2, 0.25) is 5.95 Å². The molecule has 1 aliphatic heterocycles. The van der Waals surface area contributed by atoms with E-state index >= 15 is 0 Å². The standard InChI is InChI=1S/C25H26F3N7O/c1-33(2)14-16-4-3-5-20(10-16)35-22-21(23(36)34(35)15-25(26,27)28)13-30-24(32-22)31-19-7-6-18-12-29-9-8-17(18)11-19/h3-7,10-11,13,29H,8-9,12,14-15H2,1-2H3,(H,30,31,32). The van der Waals surface area contributed by atoms with Gasteiger partial charge in [-0.25, -0.2) is 14.3 Å². The Morgan fingerprint density at radius 1 is 1.14 bits per heavy atom. The fourth-order valence-corrected chi connectivity index (χ4v) is 4.50. The monoisotopic (exact) mass is 497 g/mol. The number of nitrogens with one attached hydrogen (secondary N) is 2. The molecular formula is C25H26F3N7O. The summed E-state index contributed by atoms with van der Waals surface area (Å²) in [6, 6.07) is 13.0. The third-order valence-corrected chi connectivity index (χ3v) is 6.01. The van der Waals surface area contributed by atoms with Crippen molar-refractivity contribution in [1.82, 2.24) is 29.5 Å². The Labute approximate surface area is 205 Å². The maximum atomic E-state index is 13.5. The number of hydrogen-bond acceptors (Lipinski definition) is 6. The van der Waals surface area contributed by atoms with Crippen molar-refractivity contribution < 1.29 is 13.2 Å². The van der Waals surface area contributed by atoms with Crippen LogP contribution in [-0.2, 0) is 26.1 Å². The summed E-state index contributed by atoms with van der Waals surface area (Å²) >= 11 is 0. The normalized spacial score (nSPS) is 13.8. The van der Waals surface area contributed by atoms with Crippen LogP contribution in [0.3, 0.4) is 0 Å². The molecule has 1 aliphatic rings. The minimum absolute atomic E-state index is 0.0133. The van der Waals surface area contributed by atoms with E-state index in [0.29, 0.717) is 16.9 Å². The highest BCUT2D eigenvalue weighted by atomic mass is 19.4. The second-order valence-electron chi connectivity index (χ2n) is 9.16. The molecule has 8 nitrogen and oxygen atoms in total. The lowest BCUT2D eigenvalue weighted by Gasteiger charge is -2.18. The molecule has 0 unspecified atom stereocenters. The zero-order valence-corrected chi connectivity index (χ0v) is 19.9. The first-order valence-corrected chi connectivity index (χ1v) is 11.6. The molecule has 3 heterocycles. The van der Waals surface area contributed by atoms with Crippen molar-refractivity contribution in [2.75, 3.05) is 26.0 Å². The Morgan fingerprint density at radius 2 is 1.97 bits per heavy atom. The molecule has 2 aromatic heterocycles. The quantitative estimate of drug-likeness (QED) is 0.424. The first kappa shape index (κ1) is 24.0. The van der Waals surface area contributed by atoms with Crippen LogP contribution in [0.4, 0.5) is 24.8 Å². The van der Waals surface area contributed by atoms with Crippen LogP contribution in [0.2, 0.25) is 0 Å². The number of halogens is 3. The van der Waals surface area contributed by atoms with Gasteiger partial charge in [0.25, 0.3) is 5.56 Å². The summed E-state index contributed by atoms with van der Waals surface area (Å²) in [5.41, 5.74) is 3.81. The van der Waals surface area contributed by atoms with Crippen LogP contribution < -0.4 is 16.2 Å². The summed E-state index contributed by atoms with van der Waals surface area (Å²) in [6.07, 6.45) is -2.42. The lowest BCUT2D eigenvalue weighted by Crippen LogP contribution is -2.30. The smallest absolute Gasteiger partial charge is 0.324 e. The SMILES string of the molecule is CN(C)Cc1cccc(-n2c3nc(Nc4ccc5c(c4)CCNC5)ncc3c(=O)n2CC(F)(F)F)c1. The Morgan fingerprint density at radius 3 is 2.75 bits per heavy atom. The minimum atomic E-state index is -4.59. The molecule has 188 valence electrons. The Bertz CT molecular complexity index is 1470. The molecule has 2 N–H and O–H groups in total. The highest BCUT2D eigenvalue weighted by Gasteiger charge is 2.32. The van der Waals surface area contributed by atoms with Gasteiger partial charge in [0.05, 0.1) is 5.69 Å². The van der Waals surface area contributed by atoms with Gasteiger partial charge in [-0.1, -0.05) is 18.2 Å². The van der Waals surface area contributed by atoms with Crippen molar-refractivity contribution in [3.63, 3.8) is 0 Å². The summed E-state index contributed by atoms with van der Waals surface area (Å²) < 4.78 is 42.3. The third kappa shape index (κ3) is 4.98. The summed E-state index contributed by atoms with van der Waals surface area (Å²) in [4.78, 5) is 23.7. The van der Waals surface area contributed by atoms with Crippen LogP contribution in [0, 0.1) is 0 Å². The Balaban J connectivity index is 1.61. The molecule has 4 aromatic rings. The van der Waals surface area contributed by atoms with Crippen LogP contribution in [0.1, 0.15) is 16.7 Å². The number of nitrogens with zero attached hydrogens (tertiary/aromatic N) is 5. The number of rotatable bonds is 6. The van der Waals surface area contributed by atoms with Crippen LogP contribution >= 0.6 is 0 Å². The summed E-state index contributed by atoms with van der Waals surface area (Å²) in [5, 5.41) is 6.48. The average molecular weight is 498 g/mol. The lowest BCUT2D eigenvalue weighted by molar-refractivity contribution is -0.144. The molecule has 0 fully saturated rings. The van der Waals surface area contributed by atoms with Crippen LogP contribution in [0.5, 0.6) is 0 Å². The van der Waals surface area contributed by atoms with Crippen molar-refractivity contribution >= 4 is 22.7 Å². The number of fused-ring (bicyclic) bond motifs is 2. The molecule has 0 saturated heterocycles. The second-order valence-corrected chi connectivity index (χ2v) is 9.16. The number of benzene rings is 2. The number of alkyl halides is 3. The Kier molecular flexibility index (Phi) is 6.27. The van der Waals surface area contributed by atoms with Crippen LogP contribution in [0.15, 0.2) is 53.5 Å². The number of hydrogen-bond donors (Lipinski definition) is 2. The van der Waals surface area contributed by atoms with Crippen molar-refractivity contribution in [2.24, 2.45) is 0 Å². The van der Waals surface area contributed by atoms with Crippen molar-refractivity contribution in [3.05, 3.63) is 75.7 Å². The highest BCUT2D eigenvalue weighted by Crippen LogP contribution is 2.25. The van der Waals surface area contributed by atoms with E-state index in [0.717, 1.165) is 30.8 Å². The fraction of sp³-hybridized carbons (Fsp3) is 0.320. The van der Waals surface area contributed by atoms with E-state index in [1.807, 2.05) is 43.3 Å². The van der Waals surface area contributed by atoms with Gasteiger partial charge in [0.15, 0.2) is 5.65 Å². The third-order valence-electron chi connectivity index (χ3n) is 6.01. The van der Waals surface area contributed by atoms with E-state index in [1.54, 1.807) is 18.2 Å². The molecular weight excluding hydrogens is 471 g/mol. The molecule has 0 amide bonds. The highest BCUT2D eigenvalue weighted by molar-refractivity contribution is 5.77. The summed E-state index contributed by atoms with van der Waals surface area (Å²) in [5.74, 6) is 0.193. The van der Waals surface area contributed by atoms with E-state index in [4.69, 9.17) is 0 Å². The van der Waals surface area contributed by atoms with Gasteiger partial charge in [0, 0.05) is 25.0 Å². The minimum Gasteiger partial charge on any atom is -0.324 e. The topological polar surface area (TPSA) is 80.0 Å². The van der Waals surface area contributed by atoms with E-state index in [2.05, 4.69) is 20.6 Å². The first-order valence-electron chi connectivity index (χ1n) is 11.6. The lowest BCUT2D eigenvalue weighted by atomic mass is 10.0. The van der Waals surface area contributed by atoms with Gasteiger partial charge in [-0.2, -0.15) is 18.2 Å². The van der Waals surface area contributed by atoms with E-state index in [-0.39, 0.29) is 17.0 Å². The summed E-state index contributed by atoms with van der Waals surface area (Å²) in [7, 11) is 3.80. The number of aromatic nitrogens is 4. The van der Waals surface area contributed by atoms with Gasteiger partial charge in [-0.3, -0.25) is 4.79 Å². The predicted molar refractivity (Wildman–Crippen MR) is 132 cm³/mol. The van der Waals surface area contributed by atoms with E-state index < -0.39 is 18.3 Å². The molecule has 0 bridgehead atoms. The molecule has 36 heavy (non-hydrogen) atoms. The zero-order valence-electron chi connectivity index (χ0n) is 19.9. The molecule has 0 spiro atoms. The molecule has 5 rings (SSSR count). The molecule has 11 heteroatoms. The maximum Gasteiger partial charge on any atom is 0.408 e. The molecule has 2 aromatic carbocycles. The van der Waals surface area contributed by atoms with Crippen molar-refractivity contribution in [1.29, 1.82) is 0 Å².